The molecule has 1 N–H and O–H groups in total. The number of benzene rings is 2. The summed E-state index contributed by atoms with van der Waals surface area (Å²) in [5, 5.41) is 0. The van der Waals surface area contributed by atoms with Gasteiger partial charge in [0.25, 0.3) is 11.7 Å². The summed E-state index contributed by atoms with van der Waals surface area (Å²) in [6.45, 7) is 3.27. The number of alkyl halides is 3. The number of piperazine rings is 1. The van der Waals surface area contributed by atoms with Gasteiger partial charge in [-0.15, -0.1) is 0 Å². The molecule has 0 aliphatic carbocycles. The van der Waals surface area contributed by atoms with Gasteiger partial charge in [-0.05, 0) is 42.8 Å². The summed E-state index contributed by atoms with van der Waals surface area (Å²) in [5.74, 6) is -1.14. The van der Waals surface area contributed by atoms with Crippen LogP contribution in [0.3, 0.4) is 0 Å². The molecular formula is C24H22F3N3O2. The molecule has 5 nitrogen and oxygen atoms in total. The largest absolute Gasteiger partial charge is 0.416 e. The third-order valence-electron chi connectivity index (χ3n) is 5.67. The second-order valence-electron chi connectivity index (χ2n) is 7.74. The predicted octanol–water partition coefficient (Wildman–Crippen LogP) is 4.54. The van der Waals surface area contributed by atoms with Gasteiger partial charge in [0.2, 0.25) is 0 Å². The number of nitrogens with zero attached hydrogens (tertiary/aromatic N) is 2. The van der Waals surface area contributed by atoms with Gasteiger partial charge >= 0.3 is 6.18 Å². The Bertz CT molecular complexity index is 1110. The first kappa shape index (κ1) is 21.7. The smallest absolute Gasteiger partial charge is 0.368 e. The SMILES string of the molecule is Cc1[nH]c(-c2ccccc2)cc1C(=O)C(=O)N1CCN(c2ccc(C(F)(F)F)cc2)CC1. The Hall–Kier alpha value is -3.55. The van der Waals surface area contributed by atoms with Crippen molar-refractivity contribution in [1.29, 1.82) is 0 Å². The maximum absolute atomic E-state index is 12.9. The third-order valence-corrected chi connectivity index (χ3v) is 5.67. The van der Waals surface area contributed by atoms with E-state index < -0.39 is 23.4 Å². The molecule has 2 heterocycles. The number of rotatable bonds is 4. The first-order valence-electron chi connectivity index (χ1n) is 10.2. The van der Waals surface area contributed by atoms with Crippen LogP contribution in [0, 0.1) is 6.92 Å². The van der Waals surface area contributed by atoms with E-state index in [1.165, 1.54) is 17.0 Å². The molecule has 166 valence electrons. The minimum absolute atomic E-state index is 0.320. The van der Waals surface area contributed by atoms with Gasteiger partial charge in [-0.1, -0.05) is 30.3 Å². The molecule has 0 radical (unpaired) electrons. The molecule has 0 bridgehead atoms. The number of ketones is 1. The summed E-state index contributed by atoms with van der Waals surface area (Å²) >= 11 is 0. The summed E-state index contributed by atoms with van der Waals surface area (Å²) in [6, 6.07) is 16.2. The van der Waals surface area contributed by atoms with E-state index in [2.05, 4.69) is 4.98 Å². The maximum Gasteiger partial charge on any atom is 0.416 e. The number of H-pyrrole nitrogens is 1. The minimum atomic E-state index is -4.37. The highest BCUT2D eigenvalue weighted by molar-refractivity contribution is 6.43. The lowest BCUT2D eigenvalue weighted by Gasteiger charge is -2.35. The Morgan fingerprint density at radius 2 is 1.53 bits per heavy atom. The molecule has 0 atom stereocenters. The lowest BCUT2D eigenvalue weighted by atomic mass is 10.1. The van der Waals surface area contributed by atoms with Crippen LogP contribution >= 0.6 is 0 Å². The van der Waals surface area contributed by atoms with Gasteiger partial charge in [0.05, 0.1) is 5.56 Å². The molecular weight excluding hydrogens is 419 g/mol. The van der Waals surface area contributed by atoms with E-state index in [0.717, 1.165) is 23.4 Å². The highest BCUT2D eigenvalue weighted by Gasteiger charge is 2.31. The summed E-state index contributed by atoms with van der Waals surface area (Å²) in [7, 11) is 0. The Morgan fingerprint density at radius 3 is 2.12 bits per heavy atom. The molecule has 1 aliphatic heterocycles. The van der Waals surface area contributed by atoms with E-state index in [1.807, 2.05) is 35.2 Å². The zero-order valence-electron chi connectivity index (χ0n) is 17.4. The van der Waals surface area contributed by atoms with Crippen LogP contribution in [0.1, 0.15) is 21.6 Å². The molecule has 1 amide bonds. The number of hydrogen-bond donors (Lipinski definition) is 1. The minimum Gasteiger partial charge on any atom is -0.368 e. The number of anilines is 1. The van der Waals surface area contributed by atoms with Gasteiger partial charge in [-0.25, -0.2) is 0 Å². The Morgan fingerprint density at radius 1 is 0.906 bits per heavy atom. The first-order valence-corrected chi connectivity index (χ1v) is 10.2. The van der Waals surface area contributed by atoms with Crippen LogP contribution in [0.25, 0.3) is 11.3 Å². The number of nitrogens with one attached hydrogen (secondary N) is 1. The molecule has 0 unspecified atom stereocenters. The highest BCUT2D eigenvalue weighted by atomic mass is 19.4. The number of Topliss-reactive ketones (excluding diaryl/α,β-unsaturated/α-hetero) is 1. The topological polar surface area (TPSA) is 56.4 Å². The Kier molecular flexibility index (Phi) is 5.78. The zero-order chi connectivity index (χ0) is 22.9. The average molecular weight is 441 g/mol. The number of aromatic amines is 1. The molecule has 3 aromatic rings. The van der Waals surface area contributed by atoms with Crippen molar-refractivity contribution in [2.75, 3.05) is 31.1 Å². The summed E-state index contributed by atoms with van der Waals surface area (Å²) < 4.78 is 38.3. The number of carbonyl (C=O) groups is 2. The molecule has 1 fully saturated rings. The lowest BCUT2D eigenvalue weighted by Crippen LogP contribution is -2.50. The van der Waals surface area contributed by atoms with Crippen LogP contribution in [0.5, 0.6) is 0 Å². The van der Waals surface area contributed by atoms with Crippen molar-refractivity contribution in [3.8, 4) is 11.3 Å². The molecule has 32 heavy (non-hydrogen) atoms. The second kappa shape index (κ2) is 8.53. The van der Waals surface area contributed by atoms with Crippen LogP contribution in [-0.2, 0) is 11.0 Å². The van der Waals surface area contributed by atoms with Crippen molar-refractivity contribution in [3.05, 3.63) is 77.5 Å². The van der Waals surface area contributed by atoms with E-state index in [9.17, 15) is 22.8 Å². The quantitative estimate of drug-likeness (QED) is 0.478. The van der Waals surface area contributed by atoms with Gasteiger partial charge in [-0.2, -0.15) is 13.2 Å². The summed E-state index contributed by atoms with van der Waals surface area (Å²) in [4.78, 5) is 32.2. The highest BCUT2D eigenvalue weighted by Crippen LogP contribution is 2.31. The third kappa shape index (κ3) is 4.39. The van der Waals surface area contributed by atoms with Gasteiger partial charge in [-0.3, -0.25) is 9.59 Å². The lowest BCUT2D eigenvalue weighted by molar-refractivity contribution is -0.137. The molecule has 1 aliphatic rings. The number of amides is 1. The van der Waals surface area contributed by atoms with Crippen molar-refractivity contribution in [1.82, 2.24) is 9.88 Å². The van der Waals surface area contributed by atoms with Crippen LogP contribution in [0.4, 0.5) is 18.9 Å². The van der Waals surface area contributed by atoms with Gasteiger partial charge in [0.15, 0.2) is 0 Å². The number of halogens is 3. The summed E-state index contributed by atoms with van der Waals surface area (Å²) in [5.41, 5.74) is 2.63. The Labute approximate surface area is 183 Å². The summed E-state index contributed by atoms with van der Waals surface area (Å²) in [6.07, 6.45) is -4.37. The second-order valence-corrected chi connectivity index (χ2v) is 7.74. The van der Waals surface area contributed by atoms with E-state index in [1.54, 1.807) is 13.0 Å². The fraction of sp³-hybridized carbons (Fsp3) is 0.250. The van der Waals surface area contributed by atoms with E-state index >= 15 is 0 Å². The predicted molar refractivity (Wildman–Crippen MR) is 116 cm³/mol. The van der Waals surface area contributed by atoms with Gasteiger partial charge in [0, 0.05) is 48.8 Å². The van der Waals surface area contributed by atoms with Crippen molar-refractivity contribution >= 4 is 17.4 Å². The van der Waals surface area contributed by atoms with Crippen LogP contribution in [-0.4, -0.2) is 47.8 Å². The molecule has 1 saturated heterocycles. The van der Waals surface area contributed by atoms with Crippen molar-refractivity contribution in [3.63, 3.8) is 0 Å². The Balaban J connectivity index is 1.40. The molecule has 8 heteroatoms. The molecule has 0 saturated carbocycles. The van der Waals surface area contributed by atoms with Crippen LogP contribution in [0.2, 0.25) is 0 Å². The zero-order valence-corrected chi connectivity index (χ0v) is 17.4. The maximum atomic E-state index is 12.9. The normalized spacial score (nSPS) is 14.5. The molecule has 0 spiro atoms. The first-order chi connectivity index (χ1) is 15.2. The van der Waals surface area contributed by atoms with E-state index in [4.69, 9.17) is 0 Å². The van der Waals surface area contributed by atoms with Crippen molar-refractivity contribution < 1.29 is 22.8 Å². The number of carbonyl (C=O) groups excluding carboxylic acids is 2. The average Bonchev–Trinajstić information content (AvgIpc) is 3.20. The van der Waals surface area contributed by atoms with Crippen molar-refractivity contribution in [2.24, 2.45) is 0 Å². The van der Waals surface area contributed by atoms with E-state index in [-0.39, 0.29) is 0 Å². The van der Waals surface area contributed by atoms with Crippen molar-refractivity contribution in [2.45, 2.75) is 13.1 Å². The van der Waals surface area contributed by atoms with E-state index in [0.29, 0.717) is 43.1 Å². The number of aromatic nitrogens is 1. The molecule has 2 aromatic carbocycles. The van der Waals surface area contributed by atoms with Crippen LogP contribution < -0.4 is 4.90 Å². The fourth-order valence-corrected chi connectivity index (χ4v) is 3.85. The monoisotopic (exact) mass is 441 g/mol. The van der Waals surface area contributed by atoms with Gasteiger partial charge < -0.3 is 14.8 Å². The van der Waals surface area contributed by atoms with Gasteiger partial charge in [0.1, 0.15) is 0 Å². The molecule has 1 aromatic heterocycles. The fourth-order valence-electron chi connectivity index (χ4n) is 3.85. The molecule has 4 rings (SSSR count). The number of aryl methyl sites for hydroxylation is 1. The standard InChI is InChI=1S/C24H22F3N3O2/c1-16-20(15-21(28-16)17-5-3-2-4-6-17)22(31)23(32)30-13-11-29(12-14-30)19-9-7-18(8-10-19)24(25,26)27/h2-10,15,28H,11-14H2,1H3. The number of hydrogen-bond acceptors (Lipinski definition) is 3. The van der Waals surface area contributed by atoms with Crippen LogP contribution in [0.15, 0.2) is 60.7 Å².